The Bertz CT molecular complexity index is 422. The molecule has 0 saturated heterocycles. The molecule has 0 aromatic heterocycles. The molecule has 0 fully saturated rings. The number of allylic oxidation sites excluding steroid dienone is 1. The first-order valence-corrected chi connectivity index (χ1v) is 4.64. The largest absolute Gasteiger partial charge is 0.510 e. The van der Waals surface area contributed by atoms with Crippen LogP contribution in [0.2, 0.25) is 0 Å². The summed E-state index contributed by atoms with van der Waals surface area (Å²) in [7, 11) is 1.51. The number of likely N-dealkylation sites (N-methyl/N-ethyl adjacent to an activating group) is 1. The third-order valence-electron chi connectivity index (χ3n) is 2.08. The molecule has 5 nitrogen and oxygen atoms in total. The lowest BCUT2D eigenvalue weighted by Gasteiger charge is -2.16. The molecule has 1 rings (SSSR count). The van der Waals surface area contributed by atoms with Crippen LogP contribution in [0.1, 0.15) is 6.92 Å². The van der Waals surface area contributed by atoms with Crippen LogP contribution in [0.5, 0.6) is 0 Å². The van der Waals surface area contributed by atoms with Crippen molar-refractivity contribution in [1.29, 1.82) is 0 Å². The zero-order valence-electron chi connectivity index (χ0n) is 9.04. The molecule has 0 saturated carbocycles. The molecule has 0 bridgehead atoms. The number of carbonyl (C=O) groups excluding carboxylic acids is 1. The van der Waals surface area contributed by atoms with Gasteiger partial charge in [-0.2, -0.15) is 0 Å². The number of carbonyl (C=O) groups is 1. The third-order valence-corrected chi connectivity index (χ3v) is 2.08. The molecule has 1 N–H and O–H groups in total. The molecule has 1 aromatic carbocycles. The van der Waals surface area contributed by atoms with Crippen LogP contribution in [0.3, 0.4) is 0 Å². The average Bonchev–Trinajstić information content (AvgIpc) is 2.29. The van der Waals surface area contributed by atoms with Gasteiger partial charge in [-0.3, -0.25) is 4.79 Å². The molecule has 5 heteroatoms. The Morgan fingerprint density at radius 2 is 1.88 bits per heavy atom. The van der Waals surface area contributed by atoms with E-state index in [4.69, 9.17) is 5.11 Å². The first-order valence-electron chi connectivity index (χ1n) is 4.64. The molecule has 1 amide bonds. The SMILES string of the molecule is CC(O)=C(N=O)C(=O)N(C)c1ccccc1. The van der Waals surface area contributed by atoms with Crippen molar-refractivity contribution in [2.45, 2.75) is 6.92 Å². The number of nitroso groups, excluding NO2 is 1. The summed E-state index contributed by atoms with van der Waals surface area (Å²) < 4.78 is 0. The van der Waals surface area contributed by atoms with E-state index in [1.54, 1.807) is 24.3 Å². The number of aliphatic hydroxyl groups excluding tert-OH is 1. The van der Waals surface area contributed by atoms with Crippen LogP contribution in [0.25, 0.3) is 0 Å². The number of nitrogens with zero attached hydrogens (tertiary/aromatic N) is 2. The number of hydrogen-bond acceptors (Lipinski definition) is 4. The Hall–Kier alpha value is -2.17. The highest BCUT2D eigenvalue weighted by atomic mass is 16.3. The summed E-state index contributed by atoms with van der Waals surface area (Å²) in [6.07, 6.45) is 0. The number of rotatable bonds is 3. The lowest BCUT2D eigenvalue weighted by atomic mass is 10.2. The Labute approximate surface area is 93.0 Å². The highest BCUT2D eigenvalue weighted by Crippen LogP contribution is 2.15. The van der Waals surface area contributed by atoms with Crippen molar-refractivity contribution in [2.24, 2.45) is 5.18 Å². The maximum absolute atomic E-state index is 11.7. The topological polar surface area (TPSA) is 70.0 Å². The predicted octanol–water partition coefficient (Wildman–Crippen LogP) is 2.21. The van der Waals surface area contributed by atoms with Crippen molar-refractivity contribution >= 4 is 11.6 Å². The van der Waals surface area contributed by atoms with E-state index in [-0.39, 0.29) is 5.76 Å². The summed E-state index contributed by atoms with van der Waals surface area (Å²) in [5.74, 6) is -1.02. The van der Waals surface area contributed by atoms with Gasteiger partial charge in [0.1, 0.15) is 5.76 Å². The van der Waals surface area contributed by atoms with Crippen LogP contribution in [0.15, 0.2) is 47.0 Å². The fourth-order valence-electron chi connectivity index (χ4n) is 1.19. The molecule has 0 unspecified atom stereocenters. The summed E-state index contributed by atoms with van der Waals surface area (Å²) in [5, 5.41) is 11.6. The minimum absolute atomic E-state index is 0.386. The maximum atomic E-state index is 11.7. The van der Waals surface area contributed by atoms with Crippen LogP contribution in [-0.2, 0) is 4.79 Å². The number of aliphatic hydroxyl groups is 1. The first-order chi connectivity index (χ1) is 7.57. The minimum Gasteiger partial charge on any atom is -0.510 e. The number of amides is 1. The number of benzene rings is 1. The van der Waals surface area contributed by atoms with Crippen molar-refractivity contribution in [1.82, 2.24) is 0 Å². The van der Waals surface area contributed by atoms with Gasteiger partial charge in [-0.25, -0.2) is 0 Å². The van der Waals surface area contributed by atoms with Gasteiger partial charge >= 0.3 is 0 Å². The Balaban J connectivity index is 3.00. The van der Waals surface area contributed by atoms with Crippen LogP contribution in [0, 0.1) is 4.91 Å². The molecule has 0 radical (unpaired) electrons. The molecule has 0 aliphatic carbocycles. The fourth-order valence-corrected chi connectivity index (χ4v) is 1.19. The lowest BCUT2D eigenvalue weighted by Crippen LogP contribution is -2.27. The molecule has 16 heavy (non-hydrogen) atoms. The molecular formula is C11H12N2O3. The molecule has 0 heterocycles. The maximum Gasteiger partial charge on any atom is 0.283 e. The number of anilines is 1. The first kappa shape index (κ1) is 11.9. The Kier molecular flexibility index (Phi) is 3.77. The van der Waals surface area contributed by atoms with E-state index < -0.39 is 11.6 Å². The second-order valence-electron chi connectivity index (χ2n) is 3.23. The molecule has 0 spiro atoms. The van der Waals surface area contributed by atoms with Crippen molar-refractivity contribution in [3.8, 4) is 0 Å². The Morgan fingerprint density at radius 1 is 1.31 bits per heavy atom. The number of hydrogen-bond donors (Lipinski definition) is 1. The second-order valence-corrected chi connectivity index (χ2v) is 3.23. The number of para-hydroxylation sites is 1. The van der Waals surface area contributed by atoms with Gasteiger partial charge in [-0.05, 0) is 24.2 Å². The summed E-state index contributed by atoms with van der Waals surface area (Å²) in [5.41, 5.74) is 0.140. The van der Waals surface area contributed by atoms with Gasteiger partial charge in [0.25, 0.3) is 5.91 Å². The quantitative estimate of drug-likeness (QED) is 0.482. The van der Waals surface area contributed by atoms with Gasteiger partial charge in [-0.1, -0.05) is 18.2 Å². The molecule has 0 aliphatic rings. The highest BCUT2D eigenvalue weighted by molar-refractivity contribution is 6.05. The van der Waals surface area contributed by atoms with Crippen LogP contribution in [0.4, 0.5) is 5.69 Å². The average molecular weight is 220 g/mol. The lowest BCUT2D eigenvalue weighted by molar-refractivity contribution is -0.115. The molecule has 0 aliphatic heterocycles. The minimum atomic E-state index is -0.638. The molecular weight excluding hydrogens is 208 g/mol. The van der Waals surface area contributed by atoms with Crippen molar-refractivity contribution in [3.05, 3.63) is 46.7 Å². The monoisotopic (exact) mass is 220 g/mol. The third kappa shape index (κ3) is 2.44. The zero-order valence-corrected chi connectivity index (χ0v) is 9.04. The second kappa shape index (κ2) is 5.06. The summed E-state index contributed by atoms with van der Waals surface area (Å²) in [4.78, 5) is 23.4. The van der Waals surface area contributed by atoms with Crippen molar-refractivity contribution in [2.75, 3.05) is 11.9 Å². The van der Waals surface area contributed by atoms with Gasteiger partial charge in [0.05, 0.1) is 0 Å². The standard InChI is InChI=1S/C11H12N2O3/c1-8(14)10(12-16)11(15)13(2)9-6-4-3-5-7-9/h3-7,14H,1-2H3. The van der Waals surface area contributed by atoms with Gasteiger partial charge in [0.2, 0.25) is 5.70 Å². The fraction of sp³-hybridized carbons (Fsp3) is 0.182. The van der Waals surface area contributed by atoms with E-state index in [0.29, 0.717) is 5.69 Å². The highest BCUT2D eigenvalue weighted by Gasteiger charge is 2.19. The van der Waals surface area contributed by atoms with Crippen LogP contribution < -0.4 is 4.90 Å². The van der Waals surface area contributed by atoms with E-state index in [9.17, 15) is 9.70 Å². The van der Waals surface area contributed by atoms with E-state index in [0.717, 1.165) is 0 Å². The predicted molar refractivity (Wildman–Crippen MR) is 61.0 cm³/mol. The summed E-state index contributed by atoms with van der Waals surface area (Å²) >= 11 is 0. The molecule has 1 aromatic rings. The van der Waals surface area contributed by atoms with Crippen LogP contribution >= 0.6 is 0 Å². The summed E-state index contributed by atoms with van der Waals surface area (Å²) in [6.45, 7) is 1.24. The van der Waals surface area contributed by atoms with E-state index in [1.165, 1.54) is 18.9 Å². The smallest absolute Gasteiger partial charge is 0.283 e. The summed E-state index contributed by atoms with van der Waals surface area (Å²) in [6, 6.07) is 8.78. The molecule has 84 valence electrons. The van der Waals surface area contributed by atoms with Gasteiger partial charge < -0.3 is 10.0 Å². The van der Waals surface area contributed by atoms with E-state index in [2.05, 4.69) is 5.18 Å². The normalized spacial score (nSPS) is 11.6. The van der Waals surface area contributed by atoms with Crippen molar-refractivity contribution < 1.29 is 9.90 Å². The van der Waals surface area contributed by atoms with E-state index >= 15 is 0 Å². The van der Waals surface area contributed by atoms with Gasteiger partial charge in [0.15, 0.2) is 0 Å². The van der Waals surface area contributed by atoms with E-state index in [1.807, 2.05) is 6.07 Å². The molecule has 0 atom stereocenters. The van der Waals surface area contributed by atoms with Gasteiger partial charge in [0, 0.05) is 12.7 Å². The van der Waals surface area contributed by atoms with Crippen molar-refractivity contribution in [3.63, 3.8) is 0 Å². The van der Waals surface area contributed by atoms with Gasteiger partial charge in [-0.15, -0.1) is 4.91 Å². The zero-order chi connectivity index (χ0) is 12.1. The van der Waals surface area contributed by atoms with Crippen LogP contribution in [-0.4, -0.2) is 18.1 Å². The Morgan fingerprint density at radius 3 is 2.31 bits per heavy atom.